The number of aromatic nitrogens is 1. The molecule has 4 rings (SSSR count). The number of carbonyl (C=O) groups excluding carboxylic acids is 1. The summed E-state index contributed by atoms with van der Waals surface area (Å²) in [7, 11) is 1.64. The molecule has 0 saturated carbocycles. The average Bonchev–Trinajstić information content (AvgIpc) is 2.83. The number of ether oxygens (including phenoxy) is 1. The number of pyridine rings is 1. The molecule has 0 unspecified atom stereocenters. The van der Waals surface area contributed by atoms with Crippen molar-refractivity contribution in [3.8, 4) is 17.6 Å². The lowest BCUT2D eigenvalue weighted by Crippen LogP contribution is -2.49. The van der Waals surface area contributed by atoms with E-state index in [0.717, 1.165) is 35.8 Å². The number of piperazine rings is 1. The highest BCUT2D eigenvalue weighted by molar-refractivity contribution is 5.94. The van der Waals surface area contributed by atoms with Crippen molar-refractivity contribution in [2.45, 2.75) is 0 Å². The molecule has 0 radical (unpaired) electrons. The molecular formula is C25H23N3O2. The minimum absolute atomic E-state index is 0.0423. The fourth-order valence-electron chi connectivity index (χ4n) is 3.44. The third kappa shape index (κ3) is 4.61. The van der Waals surface area contributed by atoms with Crippen LogP contribution in [0.15, 0.2) is 72.9 Å². The Kier molecular flexibility index (Phi) is 5.95. The zero-order valence-corrected chi connectivity index (χ0v) is 16.9. The van der Waals surface area contributed by atoms with Crippen LogP contribution in [-0.4, -0.2) is 49.1 Å². The van der Waals surface area contributed by atoms with Crippen LogP contribution in [0.2, 0.25) is 0 Å². The molecule has 0 spiro atoms. The van der Waals surface area contributed by atoms with Crippen LogP contribution in [0.5, 0.6) is 5.75 Å². The Morgan fingerprint density at radius 3 is 2.33 bits per heavy atom. The van der Waals surface area contributed by atoms with E-state index in [9.17, 15) is 4.79 Å². The lowest BCUT2D eigenvalue weighted by atomic mass is 10.1. The Morgan fingerprint density at radius 1 is 0.900 bits per heavy atom. The zero-order valence-electron chi connectivity index (χ0n) is 16.9. The Hall–Kier alpha value is -3.78. The van der Waals surface area contributed by atoms with E-state index in [4.69, 9.17) is 4.74 Å². The molecule has 0 N–H and O–H groups in total. The minimum Gasteiger partial charge on any atom is -0.497 e. The van der Waals surface area contributed by atoms with Gasteiger partial charge in [0.2, 0.25) is 0 Å². The summed E-state index contributed by atoms with van der Waals surface area (Å²) in [4.78, 5) is 21.5. The van der Waals surface area contributed by atoms with Gasteiger partial charge < -0.3 is 14.5 Å². The molecular weight excluding hydrogens is 374 g/mol. The quantitative estimate of drug-likeness (QED) is 0.635. The summed E-state index contributed by atoms with van der Waals surface area (Å²) in [6, 6.07) is 21.0. The number of carbonyl (C=O) groups is 1. The molecule has 30 heavy (non-hydrogen) atoms. The van der Waals surface area contributed by atoms with Crippen LogP contribution in [0.1, 0.15) is 21.5 Å². The molecule has 1 saturated heterocycles. The first kappa shape index (κ1) is 19.5. The topological polar surface area (TPSA) is 45.7 Å². The van der Waals surface area contributed by atoms with Gasteiger partial charge in [-0.1, -0.05) is 30.0 Å². The first-order valence-corrected chi connectivity index (χ1v) is 9.94. The van der Waals surface area contributed by atoms with Crippen LogP contribution in [0, 0.1) is 11.8 Å². The molecule has 1 amide bonds. The number of nitrogens with zero attached hydrogens (tertiary/aromatic N) is 3. The number of hydrogen-bond donors (Lipinski definition) is 0. The third-order valence-electron chi connectivity index (χ3n) is 5.07. The first-order valence-electron chi connectivity index (χ1n) is 9.94. The number of rotatable bonds is 3. The summed E-state index contributed by atoms with van der Waals surface area (Å²) in [6.07, 6.45) is 1.80. The van der Waals surface area contributed by atoms with E-state index in [-0.39, 0.29) is 5.91 Å². The molecule has 5 heteroatoms. The van der Waals surface area contributed by atoms with E-state index in [2.05, 4.69) is 21.7 Å². The summed E-state index contributed by atoms with van der Waals surface area (Å²) in [5, 5.41) is 0. The first-order chi connectivity index (χ1) is 14.7. The van der Waals surface area contributed by atoms with Crippen molar-refractivity contribution in [3.05, 3.63) is 89.6 Å². The highest BCUT2D eigenvalue weighted by atomic mass is 16.5. The number of benzene rings is 2. The average molecular weight is 397 g/mol. The summed E-state index contributed by atoms with van der Waals surface area (Å²) in [5.41, 5.74) is 2.35. The second-order valence-corrected chi connectivity index (χ2v) is 7.03. The highest BCUT2D eigenvalue weighted by Gasteiger charge is 2.22. The van der Waals surface area contributed by atoms with Crippen molar-refractivity contribution in [1.82, 2.24) is 9.88 Å². The SMILES string of the molecule is COc1cccc(C#Cc2cccc(C(=O)N3CCN(c4ccccn4)CC3)c2)c1. The van der Waals surface area contributed by atoms with Crippen LogP contribution >= 0.6 is 0 Å². The van der Waals surface area contributed by atoms with Crippen molar-refractivity contribution in [2.75, 3.05) is 38.2 Å². The monoisotopic (exact) mass is 397 g/mol. The smallest absolute Gasteiger partial charge is 0.254 e. The normalized spacial score (nSPS) is 13.4. The van der Waals surface area contributed by atoms with E-state index in [1.165, 1.54) is 0 Å². The maximum atomic E-state index is 13.0. The van der Waals surface area contributed by atoms with E-state index >= 15 is 0 Å². The highest BCUT2D eigenvalue weighted by Crippen LogP contribution is 2.16. The lowest BCUT2D eigenvalue weighted by Gasteiger charge is -2.35. The molecule has 0 aliphatic carbocycles. The number of amides is 1. The van der Waals surface area contributed by atoms with Gasteiger partial charge in [-0.15, -0.1) is 0 Å². The predicted molar refractivity (Wildman–Crippen MR) is 118 cm³/mol. The van der Waals surface area contributed by atoms with Crippen molar-refractivity contribution in [3.63, 3.8) is 0 Å². The van der Waals surface area contributed by atoms with Crippen LogP contribution in [0.25, 0.3) is 0 Å². The van der Waals surface area contributed by atoms with Gasteiger partial charge in [-0.2, -0.15) is 0 Å². The fourth-order valence-corrected chi connectivity index (χ4v) is 3.44. The van der Waals surface area contributed by atoms with Crippen molar-refractivity contribution in [2.24, 2.45) is 0 Å². The molecule has 3 aromatic rings. The van der Waals surface area contributed by atoms with E-state index in [0.29, 0.717) is 18.7 Å². The molecule has 0 bridgehead atoms. The summed E-state index contributed by atoms with van der Waals surface area (Å²) >= 11 is 0. The number of methoxy groups -OCH3 is 1. The van der Waals surface area contributed by atoms with E-state index in [1.54, 1.807) is 13.3 Å². The molecule has 1 fully saturated rings. The molecule has 150 valence electrons. The van der Waals surface area contributed by atoms with Gasteiger partial charge in [0.1, 0.15) is 11.6 Å². The van der Waals surface area contributed by atoms with Gasteiger partial charge in [0.25, 0.3) is 5.91 Å². The summed E-state index contributed by atoms with van der Waals surface area (Å²) in [6.45, 7) is 2.90. The molecule has 1 aliphatic rings. The molecule has 1 aromatic heterocycles. The molecule has 0 atom stereocenters. The van der Waals surface area contributed by atoms with Crippen molar-refractivity contribution in [1.29, 1.82) is 0 Å². The molecule has 2 heterocycles. The van der Waals surface area contributed by atoms with Gasteiger partial charge in [-0.05, 0) is 48.5 Å². The van der Waals surface area contributed by atoms with Crippen LogP contribution in [-0.2, 0) is 0 Å². The van der Waals surface area contributed by atoms with Crippen molar-refractivity contribution >= 4 is 11.7 Å². The molecule has 5 nitrogen and oxygen atoms in total. The molecule has 1 aliphatic heterocycles. The Balaban J connectivity index is 1.43. The maximum absolute atomic E-state index is 13.0. The van der Waals surface area contributed by atoms with Crippen LogP contribution < -0.4 is 9.64 Å². The second kappa shape index (κ2) is 9.15. The van der Waals surface area contributed by atoms with Crippen LogP contribution in [0.3, 0.4) is 0 Å². The van der Waals surface area contributed by atoms with Gasteiger partial charge in [0, 0.05) is 49.1 Å². The number of hydrogen-bond acceptors (Lipinski definition) is 4. The van der Waals surface area contributed by atoms with Crippen LogP contribution in [0.4, 0.5) is 5.82 Å². The van der Waals surface area contributed by atoms with Gasteiger partial charge in [0.05, 0.1) is 7.11 Å². The lowest BCUT2D eigenvalue weighted by molar-refractivity contribution is 0.0746. The second-order valence-electron chi connectivity index (χ2n) is 7.03. The standard InChI is InChI=1S/C25H23N3O2/c1-30-23-9-5-7-21(19-23)12-11-20-6-4-8-22(18-20)25(29)28-16-14-27(15-17-28)24-10-2-3-13-26-24/h2-10,13,18-19H,14-17H2,1H3. The third-order valence-corrected chi connectivity index (χ3v) is 5.07. The van der Waals surface area contributed by atoms with Gasteiger partial charge in [-0.3, -0.25) is 4.79 Å². The predicted octanol–water partition coefficient (Wildman–Crippen LogP) is 3.45. The van der Waals surface area contributed by atoms with Crippen molar-refractivity contribution < 1.29 is 9.53 Å². The Morgan fingerprint density at radius 2 is 1.63 bits per heavy atom. The Bertz CT molecular complexity index is 1080. The van der Waals surface area contributed by atoms with Gasteiger partial charge in [0.15, 0.2) is 0 Å². The van der Waals surface area contributed by atoms with Gasteiger partial charge >= 0.3 is 0 Å². The number of anilines is 1. The summed E-state index contributed by atoms with van der Waals surface area (Å²) in [5.74, 6) is 8.06. The Labute approximate surface area is 176 Å². The van der Waals surface area contributed by atoms with Gasteiger partial charge in [-0.25, -0.2) is 4.98 Å². The zero-order chi connectivity index (χ0) is 20.8. The van der Waals surface area contributed by atoms with E-state index in [1.807, 2.05) is 71.6 Å². The minimum atomic E-state index is 0.0423. The fraction of sp³-hybridized carbons (Fsp3) is 0.200. The summed E-state index contributed by atoms with van der Waals surface area (Å²) < 4.78 is 5.24. The largest absolute Gasteiger partial charge is 0.497 e. The maximum Gasteiger partial charge on any atom is 0.254 e. The van der Waals surface area contributed by atoms with E-state index < -0.39 is 0 Å². The molecule has 2 aromatic carbocycles.